The van der Waals surface area contributed by atoms with E-state index in [0.717, 1.165) is 47.3 Å². The SMILES string of the molecule is CO[C@@H](C(=O)Cc1nnc(C[C@@H]2CCN(c3cccnn3)C2)s1)c1ccccc1. The Bertz CT molecular complexity index is 935. The van der Waals surface area contributed by atoms with E-state index in [4.69, 9.17) is 4.74 Å². The molecule has 0 saturated carbocycles. The van der Waals surface area contributed by atoms with Crippen molar-refractivity contribution in [3.8, 4) is 0 Å². The van der Waals surface area contributed by atoms with E-state index in [1.165, 1.54) is 11.3 Å². The number of nitrogens with zero attached hydrogens (tertiary/aromatic N) is 5. The van der Waals surface area contributed by atoms with Gasteiger partial charge in [0.1, 0.15) is 16.1 Å². The van der Waals surface area contributed by atoms with Crippen LogP contribution in [0.25, 0.3) is 0 Å². The smallest absolute Gasteiger partial charge is 0.172 e. The third kappa shape index (κ3) is 4.83. The maximum Gasteiger partial charge on any atom is 0.172 e. The summed E-state index contributed by atoms with van der Waals surface area (Å²) in [6, 6.07) is 13.4. The Hall–Kier alpha value is -2.71. The van der Waals surface area contributed by atoms with Crippen molar-refractivity contribution in [3.63, 3.8) is 0 Å². The van der Waals surface area contributed by atoms with Gasteiger partial charge in [0.05, 0.1) is 6.42 Å². The van der Waals surface area contributed by atoms with Gasteiger partial charge in [0.2, 0.25) is 0 Å². The van der Waals surface area contributed by atoms with Crippen LogP contribution in [0.3, 0.4) is 0 Å². The second kappa shape index (κ2) is 9.19. The minimum absolute atomic E-state index is 0.00362. The summed E-state index contributed by atoms with van der Waals surface area (Å²) in [7, 11) is 1.56. The highest BCUT2D eigenvalue weighted by Gasteiger charge is 2.26. The maximum absolute atomic E-state index is 12.7. The van der Waals surface area contributed by atoms with Crippen molar-refractivity contribution < 1.29 is 9.53 Å². The third-order valence-electron chi connectivity index (χ3n) is 5.10. The fourth-order valence-electron chi connectivity index (χ4n) is 3.68. The average Bonchev–Trinajstić information content (AvgIpc) is 3.40. The number of aromatic nitrogens is 4. The molecule has 2 atom stereocenters. The molecule has 150 valence electrons. The van der Waals surface area contributed by atoms with Crippen molar-refractivity contribution in [1.82, 2.24) is 20.4 Å². The zero-order valence-corrected chi connectivity index (χ0v) is 17.1. The lowest BCUT2D eigenvalue weighted by molar-refractivity contribution is -0.128. The number of hydrogen-bond acceptors (Lipinski definition) is 8. The third-order valence-corrected chi connectivity index (χ3v) is 6.04. The van der Waals surface area contributed by atoms with Gasteiger partial charge in [-0.15, -0.1) is 26.6 Å². The van der Waals surface area contributed by atoms with Crippen LogP contribution in [-0.4, -0.2) is 46.4 Å². The van der Waals surface area contributed by atoms with Crippen molar-refractivity contribution in [1.29, 1.82) is 0 Å². The summed E-state index contributed by atoms with van der Waals surface area (Å²) in [5.41, 5.74) is 0.861. The normalized spacial score (nSPS) is 17.4. The molecule has 8 heteroatoms. The number of Topliss-reactive ketones (excluding diaryl/α,β-unsaturated/α-hetero) is 1. The summed E-state index contributed by atoms with van der Waals surface area (Å²) in [5, 5.41) is 18.4. The minimum Gasteiger partial charge on any atom is -0.369 e. The Morgan fingerprint density at radius 1 is 1.17 bits per heavy atom. The number of ether oxygens (including phenoxy) is 1. The van der Waals surface area contributed by atoms with E-state index in [2.05, 4.69) is 25.3 Å². The quantitative estimate of drug-likeness (QED) is 0.566. The minimum atomic E-state index is -0.570. The van der Waals surface area contributed by atoms with Gasteiger partial charge in [-0.2, -0.15) is 5.10 Å². The molecule has 0 aliphatic carbocycles. The zero-order valence-electron chi connectivity index (χ0n) is 16.3. The van der Waals surface area contributed by atoms with Gasteiger partial charge in [-0.1, -0.05) is 30.3 Å². The van der Waals surface area contributed by atoms with E-state index >= 15 is 0 Å². The van der Waals surface area contributed by atoms with Gasteiger partial charge < -0.3 is 9.64 Å². The molecule has 1 aromatic carbocycles. The fraction of sp³-hybridized carbons (Fsp3) is 0.381. The lowest BCUT2D eigenvalue weighted by Crippen LogP contribution is -2.21. The summed E-state index contributed by atoms with van der Waals surface area (Å²) in [4.78, 5) is 14.9. The molecular formula is C21H23N5O2S. The number of carbonyl (C=O) groups is 1. The van der Waals surface area contributed by atoms with Crippen LogP contribution in [0.15, 0.2) is 48.7 Å². The monoisotopic (exact) mass is 409 g/mol. The first-order chi connectivity index (χ1) is 14.2. The summed E-state index contributed by atoms with van der Waals surface area (Å²) < 4.78 is 5.43. The Morgan fingerprint density at radius 2 is 2.00 bits per heavy atom. The highest BCUT2D eigenvalue weighted by Crippen LogP contribution is 2.26. The standard InChI is InChI=1S/C21H23N5O2S/c1-28-21(16-6-3-2-4-7-16)17(27)13-20-25-24-19(29-20)12-15-9-11-26(14-15)18-8-5-10-22-23-18/h2-8,10,15,21H,9,11-14H2,1H3/t15-,21+/m0/s1. The fourth-order valence-corrected chi connectivity index (χ4v) is 4.65. The van der Waals surface area contributed by atoms with Crippen LogP contribution < -0.4 is 4.90 Å². The molecule has 0 amide bonds. The molecule has 1 aliphatic heterocycles. The Kier molecular flexibility index (Phi) is 6.21. The summed E-state index contributed by atoms with van der Waals surface area (Å²) in [5.74, 6) is 1.42. The van der Waals surface area contributed by atoms with E-state index in [9.17, 15) is 4.79 Å². The van der Waals surface area contributed by atoms with Crippen LogP contribution in [0, 0.1) is 5.92 Å². The van der Waals surface area contributed by atoms with Crippen molar-refractivity contribution in [2.75, 3.05) is 25.1 Å². The molecule has 0 bridgehead atoms. The number of rotatable bonds is 8. The molecule has 1 saturated heterocycles. The first-order valence-corrected chi connectivity index (χ1v) is 10.5. The Labute approximate surface area is 173 Å². The van der Waals surface area contributed by atoms with Crippen LogP contribution >= 0.6 is 11.3 Å². The molecule has 1 aliphatic rings. The molecule has 7 nitrogen and oxygen atoms in total. The first-order valence-electron chi connectivity index (χ1n) is 9.67. The number of hydrogen-bond donors (Lipinski definition) is 0. The lowest BCUT2D eigenvalue weighted by Gasteiger charge is -2.15. The second-order valence-electron chi connectivity index (χ2n) is 7.15. The number of ketones is 1. The van der Waals surface area contributed by atoms with Crippen LogP contribution in [0.4, 0.5) is 5.82 Å². The highest BCUT2D eigenvalue weighted by atomic mass is 32.1. The van der Waals surface area contributed by atoms with Gasteiger partial charge >= 0.3 is 0 Å². The lowest BCUT2D eigenvalue weighted by atomic mass is 10.0. The maximum atomic E-state index is 12.7. The van der Waals surface area contributed by atoms with Gasteiger partial charge in [0.15, 0.2) is 11.6 Å². The molecule has 0 radical (unpaired) electrons. The van der Waals surface area contributed by atoms with Crippen molar-refractivity contribution >= 4 is 22.9 Å². The zero-order chi connectivity index (χ0) is 20.1. The largest absolute Gasteiger partial charge is 0.369 e. The molecule has 3 heterocycles. The molecule has 29 heavy (non-hydrogen) atoms. The van der Waals surface area contributed by atoms with E-state index in [1.54, 1.807) is 13.3 Å². The van der Waals surface area contributed by atoms with Crippen LogP contribution in [-0.2, 0) is 22.4 Å². The highest BCUT2D eigenvalue weighted by molar-refractivity contribution is 7.11. The number of anilines is 1. The molecular weight excluding hydrogens is 386 g/mol. The van der Waals surface area contributed by atoms with E-state index in [1.807, 2.05) is 42.5 Å². The molecule has 0 N–H and O–H groups in total. The Balaban J connectivity index is 1.33. The van der Waals surface area contributed by atoms with Gasteiger partial charge in [0, 0.05) is 32.8 Å². The van der Waals surface area contributed by atoms with Crippen LogP contribution in [0.2, 0.25) is 0 Å². The first kappa shape index (κ1) is 19.6. The van der Waals surface area contributed by atoms with Crippen LogP contribution in [0.1, 0.15) is 28.1 Å². The molecule has 0 unspecified atom stereocenters. The van der Waals surface area contributed by atoms with Crippen molar-refractivity contribution in [3.05, 3.63) is 64.2 Å². The van der Waals surface area contributed by atoms with Crippen LogP contribution in [0.5, 0.6) is 0 Å². The summed E-state index contributed by atoms with van der Waals surface area (Å²) in [6.07, 6.45) is 3.31. The summed E-state index contributed by atoms with van der Waals surface area (Å²) >= 11 is 1.52. The number of benzene rings is 1. The van der Waals surface area contributed by atoms with Crippen molar-refractivity contribution in [2.45, 2.75) is 25.4 Å². The van der Waals surface area contributed by atoms with Gasteiger partial charge in [-0.25, -0.2) is 0 Å². The predicted molar refractivity (Wildman–Crippen MR) is 111 cm³/mol. The predicted octanol–water partition coefficient (Wildman–Crippen LogP) is 2.90. The van der Waals surface area contributed by atoms with Gasteiger partial charge in [-0.05, 0) is 30.0 Å². The molecule has 1 fully saturated rings. The molecule has 0 spiro atoms. The number of carbonyl (C=O) groups excluding carboxylic acids is 1. The van der Waals surface area contributed by atoms with Gasteiger partial charge in [-0.3, -0.25) is 4.79 Å². The van der Waals surface area contributed by atoms with E-state index in [0.29, 0.717) is 5.92 Å². The van der Waals surface area contributed by atoms with E-state index in [-0.39, 0.29) is 12.2 Å². The Morgan fingerprint density at radius 3 is 2.76 bits per heavy atom. The molecule has 4 rings (SSSR count). The number of methoxy groups -OCH3 is 1. The van der Waals surface area contributed by atoms with Crippen molar-refractivity contribution in [2.24, 2.45) is 5.92 Å². The second-order valence-corrected chi connectivity index (χ2v) is 8.29. The topological polar surface area (TPSA) is 81.1 Å². The summed E-state index contributed by atoms with van der Waals surface area (Å²) in [6.45, 7) is 1.91. The average molecular weight is 410 g/mol. The van der Waals surface area contributed by atoms with E-state index < -0.39 is 6.10 Å². The molecule has 2 aromatic heterocycles. The van der Waals surface area contributed by atoms with Gasteiger partial charge in [0.25, 0.3) is 0 Å². The molecule has 3 aromatic rings.